The van der Waals surface area contributed by atoms with Crippen LogP contribution in [-0.4, -0.2) is 23.3 Å². The zero-order valence-electron chi connectivity index (χ0n) is 7.08. The first-order valence-corrected chi connectivity index (χ1v) is 4.63. The van der Waals surface area contributed by atoms with E-state index in [0.29, 0.717) is 13.0 Å². The Kier molecular flexibility index (Phi) is 1.87. The van der Waals surface area contributed by atoms with Crippen LogP contribution in [0.1, 0.15) is 32.1 Å². The number of carbonyl (C=O) groups is 2. The molecule has 2 rings (SSSR count). The number of likely N-dealkylation sites (tertiary alicyclic amines) is 1. The fraction of sp³-hybridized carbons (Fsp3) is 0.778. The van der Waals surface area contributed by atoms with Crippen molar-refractivity contribution < 1.29 is 9.59 Å². The summed E-state index contributed by atoms with van der Waals surface area (Å²) in [4.78, 5) is 24.2. The third-order valence-electron chi connectivity index (χ3n) is 2.79. The molecule has 1 aliphatic heterocycles. The quantitative estimate of drug-likeness (QED) is 0.545. The van der Waals surface area contributed by atoms with Gasteiger partial charge in [0.2, 0.25) is 11.8 Å². The SMILES string of the molecule is O=C1CCCN1C(=O)C1CCC1. The third kappa shape index (κ3) is 1.13. The van der Waals surface area contributed by atoms with Gasteiger partial charge in [0.25, 0.3) is 0 Å². The maximum absolute atomic E-state index is 11.5. The van der Waals surface area contributed by atoms with Gasteiger partial charge in [0.15, 0.2) is 0 Å². The molecule has 12 heavy (non-hydrogen) atoms. The molecule has 2 amide bonds. The van der Waals surface area contributed by atoms with Crippen molar-refractivity contribution in [2.75, 3.05) is 6.54 Å². The zero-order valence-corrected chi connectivity index (χ0v) is 7.08. The van der Waals surface area contributed by atoms with Gasteiger partial charge in [0.05, 0.1) is 0 Å². The summed E-state index contributed by atoms with van der Waals surface area (Å²) in [5.74, 6) is 0.294. The minimum absolute atomic E-state index is 0.0342. The second-order valence-electron chi connectivity index (χ2n) is 3.61. The van der Waals surface area contributed by atoms with Gasteiger partial charge >= 0.3 is 0 Å². The number of carbonyl (C=O) groups excluding carboxylic acids is 2. The number of hydrogen-bond donors (Lipinski definition) is 0. The Labute approximate surface area is 71.7 Å². The maximum Gasteiger partial charge on any atom is 0.232 e. The zero-order chi connectivity index (χ0) is 8.55. The Hall–Kier alpha value is -0.860. The van der Waals surface area contributed by atoms with Gasteiger partial charge in [-0.25, -0.2) is 0 Å². The van der Waals surface area contributed by atoms with Crippen LogP contribution in [0.2, 0.25) is 0 Å². The third-order valence-corrected chi connectivity index (χ3v) is 2.79. The number of nitrogens with zero attached hydrogens (tertiary/aromatic N) is 1. The smallest absolute Gasteiger partial charge is 0.232 e. The summed E-state index contributed by atoms with van der Waals surface area (Å²) in [7, 11) is 0. The molecule has 1 saturated heterocycles. The number of rotatable bonds is 1. The Morgan fingerprint density at radius 2 is 2.08 bits per heavy atom. The second-order valence-corrected chi connectivity index (χ2v) is 3.61. The van der Waals surface area contributed by atoms with Crippen LogP contribution in [0.5, 0.6) is 0 Å². The van der Waals surface area contributed by atoms with Crippen molar-refractivity contribution in [1.82, 2.24) is 4.90 Å². The summed E-state index contributed by atoms with van der Waals surface area (Å²) in [5, 5.41) is 0. The fourth-order valence-electron chi connectivity index (χ4n) is 1.76. The van der Waals surface area contributed by atoms with Gasteiger partial charge in [0, 0.05) is 18.9 Å². The molecule has 0 aromatic heterocycles. The Bertz CT molecular complexity index is 221. The van der Waals surface area contributed by atoms with E-state index in [1.54, 1.807) is 0 Å². The molecule has 66 valence electrons. The van der Waals surface area contributed by atoms with Crippen molar-refractivity contribution >= 4 is 11.8 Å². The van der Waals surface area contributed by atoms with E-state index in [-0.39, 0.29) is 17.7 Å². The summed E-state index contributed by atoms with van der Waals surface area (Å²) >= 11 is 0. The van der Waals surface area contributed by atoms with Gasteiger partial charge < -0.3 is 0 Å². The average Bonchev–Trinajstić information content (AvgIpc) is 2.31. The largest absolute Gasteiger partial charge is 0.282 e. The van der Waals surface area contributed by atoms with Gasteiger partial charge in [-0.3, -0.25) is 14.5 Å². The van der Waals surface area contributed by atoms with Crippen LogP contribution in [0.3, 0.4) is 0 Å². The molecule has 0 aromatic carbocycles. The molecule has 3 nitrogen and oxygen atoms in total. The molecule has 1 heterocycles. The first-order valence-electron chi connectivity index (χ1n) is 4.63. The summed E-state index contributed by atoms with van der Waals surface area (Å²) in [6.45, 7) is 0.661. The van der Waals surface area contributed by atoms with Gasteiger partial charge in [-0.15, -0.1) is 0 Å². The molecule has 1 aliphatic carbocycles. The Balaban J connectivity index is 1.98. The van der Waals surface area contributed by atoms with E-state index in [0.717, 1.165) is 25.7 Å². The molecular formula is C9H13NO2. The molecule has 0 radical (unpaired) electrons. The van der Waals surface area contributed by atoms with Gasteiger partial charge in [-0.1, -0.05) is 6.42 Å². The molecule has 0 bridgehead atoms. The Morgan fingerprint density at radius 3 is 2.50 bits per heavy atom. The van der Waals surface area contributed by atoms with Crippen LogP contribution >= 0.6 is 0 Å². The highest BCUT2D eigenvalue weighted by molar-refractivity contribution is 5.97. The number of imide groups is 1. The monoisotopic (exact) mass is 167 g/mol. The highest BCUT2D eigenvalue weighted by Gasteiger charge is 2.34. The van der Waals surface area contributed by atoms with E-state index < -0.39 is 0 Å². The molecular weight excluding hydrogens is 154 g/mol. The van der Waals surface area contributed by atoms with Crippen molar-refractivity contribution in [1.29, 1.82) is 0 Å². The lowest BCUT2D eigenvalue weighted by Crippen LogP contribution is -2.39. The van der Waals surface area contributed by atoms with Crippen molar-refractivity contribution in [2.45, 2.75) is 32.1 Å². The lowest BCUT2D eigenvalue weighted by molar-refractivity contribution is -0.146. The molecule has 2 aliphatic rings. The first kappa shape index (κ1) is 7.77. The van der Waals surface area contributed by atoms with Crippen LogP contribution in [0, 0.1) is 5.92 Å². The molecule has 1 saturated carbocycles. The normalized spacial score (nSPS) is 24.3. The predicted molar refractivity (Wildman–Crippen MR) is 43.3 cm³/mol. The van der Waals surface area contributed by atoms with E-state index in [1.165, 1.54) is 4.90 Å². The van der Waals surface area contributed by atoms with Crippen molar-refractivity contribution in [2.24, 2.45) is 5.92 Å². The first-order chi connectivity index (χ1) is 5.79. The van der Waals surface area contributed by atoms with Crippen LogP contribution in [0.15, 0.2) is 0 Å². The standard InChI is InChI=1S/C9H13NO2/c11-8-5-2-6-10(8)9(12)7-3-1-4-7/h7H,1-6H2. The highest BCUT2D eigenvalue weighted by Crippen LogP contribution is 2.29. The lowest BCUT2D eigenvalue weighted by Gasteiger charge is -2.27. The summed E-state index contributed by atoms with van der Waals surface area (Å²) < 4.78 is 0. The van der Waals surface area contributed by atoms with E-state index in [2.05, 4.69) is 0 Å². The van der Waals surface area contributed by atoms with E-state index >= 15 is 0 Å². The minimum atomic E-state index is 0.0342. The molecule has 0 spiro atoms. The number of amides is 2. The highest BCUT2D eigenvalue weighted by atomic mass is 16.2. The van der Waals surface area contributed by atoms with Gasteiger partial charge in [-0.2, -0.15) is 0 Å². The lowest BCUT2D eigenvalue weighted by atomic mass is 9.84. The molecule has 0 atom stereocenters. The molecule has 3 heteroatoms. The van der Waals surface area contributed by atoms with Crippen molar-refractivity contribution in [3.8, 4) is 0 Å². The minimum Gasteiger partial charge on any atom is -0.282 e. The summed E-state index contributed by atoms with van der Waals surface area (Å²) in [5.41, 5.74) is 0. The Morgan fingerprint density at radius 1 is 1.33 bits per heavy atom. The number of hydrogen-bond acceptors (Lipinski definition) is 2. The molecule has 0 N–H and O–H groups in total. The van der Waals surface area contributed by atoms with E-state index in [1.807, 2.05) is 0 Å². The van der Waals surface area contributed by atoms with Crippen LogP contribution in [0.25, 0.3) is 0 Å². The van der Waals surface area contributed by atoms with Gasteiger partial charge in [0.1, 0.15) is 0 Å². The predicted octanol–water partition coefficient (Wildman–Crippen LogP) is 0.936. The van der Waals surface area contributed by atoms with E-state index in [4.69, 9.17) is 0 Å². The van der Waals surface area contributed by atoms with Crippen molar-refractivity contribution in [3.63, 3.8) is 0 Å². The summed E-state index contributed by atoms with van der Waals surface area (Å²) in [6.07, 6.45) is 4.55. The van der Waals surface area contributed by atoms with Crippen LogP contribution in [-0.2, 0) is 9.59 Å². The van der Waals surface area contributed by atoms with Gasteiger partial charge in [-0.05, 0) is 19.3 Å². The van der Waals surface area contributed by atoms with Crippen LogP contribution < -0.4 is 0 Å². The molecule has 0 unspecified atom stereocenters. The summed E-state index contributed by atoms with van der Waals surface area (Å²) in [6, 6.07) is 0. The average molecular weight is 167 g/mol. The maximum atomic E-state index is 11.5. The fourth-order valence-corrected chi connectivity index (χ4v) is 1.76. The van der Waals surface area contributed by atoms with Crippen LogP contribution in [0.4, 0.5) is 0 Å². The molecule has 0 aromatic rings. The van der Waals surface area contributed by atoms with Crippen molar-refractivity contribution in [3.05, 3.63) is 0 Å². The topological polar surface area (TPSA) is 37.4 Å². The van der Waals surface area contributed by atoms with E-state index in [9.17, 15) is 9.59 Å². The second kappa shape index (κ2) is 2.88. The molecule has 2 fully saturated rings.